The van der Waals surface area contributed by atoms with Crippen molar-refractivity contribution in [3.05, 3.63) is 71.7 Å². The van der Waals surface area contributed by atoms with E-state index in [1.807, 2.05) is 69.8 Å². The molecule has 2 saturated heterocycles. The molecule has 10 nitrogen and oxygen atoms in total. The Kier molecular flexibility index (Phi) is 7.77. The first kappa shape index (κ1) is 31.8. The topological polar surface area (TPSA) is 116 Å². The van der Waals surface area contributed by atoms with Crippen molar-refractivity contribution < 1.29 is 19.1 Å². The number of fused-ring (bicyclic) bond motifs is 2. The summed E-state index contributed by atoms with van der Waals surface area (Å²) in [6.07, 6.45) is 6.79. The number of H-pyrrole nitrogens is 2. The van der Waals surface area contributed by atoms with Crippen molar-refractivity contribution in [1.82, 2.24) is 29.7 Å². The predicted molar refractivity (Wildman–Crippen MR) is 183 cm³/mol. The first-order valence-electron chi connectivity index (χ1n) is 16.9. The maximum Gasteiger partial charge on any atom is 0.411 e. The summed E-state index contributed by atoms with van der Waals surface area (Å²) in [5.41, 5.74) is 2.25. The minimum atomic E-state index is -0.556. The fraction of sp³-hybridized carbons (Fsp3) is 0.474. The lowest BCUT2D eigenvalue weighted by molar-refractivity contribution is 0.0147. The van der Waals surface area contributed by atoms with Crippen molar-refractivity contribution in [2.75, 3.05) is 0 Å². The van der Waals surface area contributed by atoms with Gasteiger partial charge < -0.3 is 19.4 Å². The zero-order valence-corrected chi connectivity index (χ0v) is 28.8. The van der Waals surface area contributed by atoms with Crippen LogP contribution in [0.25, 0.3) is 22.0 Å². The molecule has 4 heterocycles. The van der Waals surface area contributed by atoms with Gasteiger partial charge in [-0.25, -0.2) is 19.6 Å². The van der Waals surface area contributed by atoms with Gasteiger partial charge in [-0.1, -0.05) is 24.1 Å². The summed E-state index contributed by atoms with van der Waals surface area (Å²) in [4.78, 5) is 45.9. The molecule has 48 heavy (non-hydrogen) atoms. The SMILES string of the molecule is C[C@H]1CC[C@@H](c2nc(-c3ccc4cc(C#Cc5c[nH]c([C@@H]6C[C@H]7C[C@H]7N6C(=O)OC(C)(C)C)n5)ccc4c3)c[nH]2)N1C(=O)OC(C)(C)C. The summed E-state index contributed by atoms with van der Waals surface area (Å²) in [5.74, 6) is 8.49. The van der Waals surface area contributed by atoms with E-state index in [9.17, 15) is 9.59 Å². The van der Waals surface area contributed by atoms with E-state index in [1.165, 1.54) is 0 Å². The molecule has 0 radical (unpaired) electrons. The number of carbonyl (C=O) groups excluding carboxylic acids is 2. The van der Waals surface area contributed by atoms with Crippen molar-refractivity contribution >= 4 is 23.0 Å². The van der Waals surface area contributed by atoms with Crippen LogP contribution < -0.4 is 0 Å². The molecule has 2 N–H and O–H groups in total. The molecule has 1 saturated carbocycles. The van der Waals surface area contributed by atoms with Gasteiger partial charge in [0, 0.05) is 35.6 Å². The van der Waals surface area contributed by atoms with Crippen LogP contribution in [0.2, 0.25) is 0 Å². The summed E-state index contributed by atoms with van der Waals surface area (Å²) < 4.78 is 11.4. The number of hydrogen-bond donors (Lipinski definition) is 2. The fourth-order valence-electron chi connectivity index (χ4n) is 7.00. The number of aromatic nitrogens is 4. The zero-order chi connectivity index (χ0) is 34.0. The van der Waals surface area contributed by atoms with E-state index < -0.39 is 11.2 Å². The Balaban J connectivity index is 1.04. The summed E-state index contributed by atoms with van der Waals surface area (Å²) >= 11 is 0. The minimum Gasteiger partial charge on any atom is -0.444 e. The monoisotopic (exact) mass is 648 g/mol. The molecule has 0 bridgehead atoms. The number of nitrogens with one attached hydrogen (secondary N) is 2. The second kappa shape index (κ2) is 11.7. The Morgan fingerprint density at radius 1 is 0.792 bits per heavy atom. The fourth-order valence-corrected chi connectivity index (χ4v) is 7.00. The van der Waals surface area contributed by atoms with Gasteiger partial charge in [-0.3, -0.25) is 9.80 Å². The largest absolute Gasteiger partial charge is 0.444 e. The van der Waals surface area contributed by atoms with E-state index in [0.717, 1.165) is 64.9 Å². The number of amides is 2. The Labute approximate surface area is 281 Å². The molecule has 2 aromatic heterocycles. The molecule has 3 fully saturated rings. The highest BCUT2D eigenvalue weighted by molar-refractivity contribution is 5.88. The van der Waals surface area contributed by atoms with Gasteiger partial charge in [0.05, 0.1) is 17.8 Å². The molecule has 4 aromatic rings. The number of carbonyl (C=O) groups is 2. The van der Waals surface area contributed by atoms with Crippen molar-refractivity contribution in [2.24, 2.45) is 5.92 Å². The maximum absolute atomic E-state index is 13.0. The average Bonchev–Trinajstić information content (AvgIpc) is 3.48. The molecule has 1 aliphatic carbocycles. The molecular formula is C38H44N6O4. The van der Waals surface area contributed by atoms with Crippen LogP contribution in [0.3, 0.4) is 0 Å². The smallest absolute Gasteiger partial charge is 0.411 e. The number of benzene rings is 2. The van der Waals surface area contributed by atoms with Gasteiger partial charge >= 0.3 is 12.2 Å². The third-order valence-corrected chi connectivity index (χ3v) is 9.28. The molecule has 7 rings (SSSR count). The number of ether oxygens (including phenoxy) is 2. The molecule has 250 valence electrons. The van der Waals surface area contributed by atoms with Gasteiger partial charge in [0.15, 0.2) is 0 Å². The summed E-state index contributed by atoms with van der Waals surface area (Å²) in [7, 11) is 0. The van der Waals surface area contributed by atoms with Crippen LogP contribution in [0.4, 0.5) is 9.59 Å². The number of aromatic amines is 2. The van der Waals surface area contributed by atoms with Crippen molar-refractivity contribution in [1.29, 1.82) is 0 Å². The molecule has 5 atom stereocenters. The number of rotatable bonds is 3. The summed E-state index contributed by atoms with van der Waals surface area (Å²) in [5, 5.41) is 2.15. The van der Waals surface area contributed by atoms with Crippen molar-refractivity contribution in [3.8, 4) is 23.1 Å². The highest BCUT2D eigenvalue weighted by atomic mass is 16.6. The van der Waals surface area contributed by atoms with Gasteiger partial charge in [-0.05, 0) is 115 Å². The number of likely N-dealkylation sites (tertiary alicyclic amines) is 2. The van der Waals surface area contributed by atoms with E-state index >= 15 is 0 Å². The molecule has 0 spiro atoms. The molecule has 2 aliphatic heterocycles. The Morgan fingerprint density at radius 3 is 2.21 bits per heavy atom. The minimum absolute atomic E-state index is 0.0822. The lowest BCUT2D eigenvalue weighted by atomic mass is 10.0. The Bertz CT molecular complexity index is 1940. The third-order valence-electron chi connectivity index (χ3n) is 9.28. The Morgan fingerprint density at radius 2 is 1.46 bits per heavy atom. The summed E-state index contributed by atoms with van der Waals surface area (Å²) in [6.45, 7) is 13.4. The highest BCUT2D eigenvalue weighted by Crippen LogP contribution is 2.53. The third kappa shape index (κ3) is 6.51. The number of imidazole rings is 2. The average molecular weight is 649 g/mol. The molecule has 0 unspecified atom stereocenters. The van der Waals surface area contributed by atoms with E-state index in [4.69, 9.17) is 19.4 Å². The number of piperidine rings is 1. The van der Waals surface area contributed by atoms with Gasteiger partial charge in [0.1, 0.15) is 28.5 Å². The number of nitrogens with zero attached hydrogens (tertiary/aromatic N) is 4. The van der Waals surface area contributed by atoms with Crippen LogP contribution in [0.5, 0.6) is 0 Å². The molecule has 3 aliphatic rings. The normalized spacial score (nSPS) is 23.5. The van der Waals surface area contributed by atoms with E-state index in [1.54, 1.807) is 0 Å². The van der Waals surface area contributed by atoms with Crippen LogP contribution in [0.15, 0.2) is 48.8 Å². The molecular weight excluding hydrogens is 604 g/mol. The van der Waals surface area contributed by atoms with Gasteiger partial charge in [0.2, 0.25) is 0 Å². The lowest BCUT2D eigenvalue weighted by Gasteiger charge is -2.30. The molecule has 2 amide bonds. The molecule has 10 heteroatoms. The second-order valence-corrected chi connectivity index (χ2v) is 15.4. The number of hydrogen-bond acceptors (Lipinski definition) is 6. The highest BCUT2D eigenvalue weighted by Gasteiger charge is 2.56. The van der Waals surface area contributed by atoms with E-state index in [2.05, 4.69) is 59.1 Å². The van der Waals surface area contributed by atoms with Crippen molar-refractivity contribution in [3.63, 3.8) is 0 Å². The molecule has 2 aromatic carbocycles. The van der Waals surface area contributed by atoms with Crippen LogP contribution >= 0.6 is 0 Å². The van der Waals surface area contributed by atoms with Crippen LogP contribution in [-0.4, -0.2) is 65.2 Å². The van der Waals surface area contributed by atoms with Crippen LogP contribution in [0.1, 0.15) is 109 Å². The van der Waals surface area contributed by atoms with Gasteiger partial charge in [-0.2, -0.15) is 0 Å². The van der Waals surface area contributed by atoms with Crippen LogP contribution in [0, 0.1) is 17.8 Å². The first-order valence-corrected chi connectivity index (χ1v) is 16.9. The Hall–Kier alpha value is -4.78. The quantitative estimate of drug-likeness (QED) is 0.218. The standard InChI is InChI=1S/C38H44N6O4/c1-22-8-15-30(43(22)35(45)47-37(2,3)4)33-40-21-29(42-33)26-13-12-24-16-23(9-11-25(24)17-26)10-14-28-20-39-34(41-28)32-19-27-18-31(27)44(32)36(46)48-38(5,6)7/h9,11-13,16-17,20-22,27,30-32H,8,15,18-19H2,1-7H3,(H,39,41)(H,40,42)/t22-,27+,30-,31+,32-/m0/s1. The van der Waals surface area contributed by atoms with Gasteiger partial charge in [0.25, 0.3) is 0 Å². The summed E-state index contributed by atoms with van der Waals surface area (Å²) in [6, 6.07) is 12.5. The maximum atomic E-state index is 13.0. The van der Waals surface area contributed by atoms with E-state index in [-0.39, 0.29) is 36.4 Å². The first-order chi connectivity index (χ1) is 22.7. The predicted octanol–water partition coefficient (Wildman–Crippen LogP) is 7.88. The zero-order valence-electron chi connectivity index (χ0n) is 28.8. The van der Waals surface area contributed by atoms with Gasteiger partial charge in [-0.15, -0.1) is 0 Å². The van der Waals surface area contributed by atoms with Crippen molar-refractivity contribution in [2.45, 2.75) is 110 Å². The lowest BCUT2D eigenvalue weighted by Crippen LogP contribution is -2.40. The second-order valence-electron chi connectivity index (χ2n) is 15.4. The van der Waals surface area contributed by atoms with E-state index in [0.29, 0.717) is 11.6 Å². The van der Waals surface area contributed by atoms with Crippen LogP contribution in [-0.2, 0) is 9.47 Å².